The van der Waals surface area contributed by atoms with Gasteiger partial charge >= 0.3 is 0 Å². The Bertz CT molecular complexity index is 174. The van der Waals surface area contributed by atoms with Crippen molar-refractivity contribution in [2.75, 3.05) is 20.3 Å². The minimum absolute atomic E-state index is 0.160. The van der Waals surface area contributed by atoms with Crippen LogP contribution in [-0.2, 0) is 9.53 Å². The van der Waals surface area contributed by atoms with E-state index in [1.54, 1.807) is 14.0 Å². The van der Waals surface area contributed by atoms with Gasteiger partial charge in [-0.05, 0) is 26.2 Å². The maximum absolute atomic E-state index is 11.4. The summed E-state index contributed by atoms with van der Waals surface area (Å²) in [6.45, 7) is 2.77. The molecule has 0 saturated heterocycles. The molecule has 0 heterocycles. The van der Waals surface area contributed by atoms with Crippen LogP contribution in [-0.4, -0.2) is 43.4 Å². The first kappa shape index (κ1) is 14.3. The lowest BCUT2D eigenvalue weighted by atomic mass is 10.1. The maximum atomic E-state index is 11.4. The Hall–Kier alpha value is -0.650. The first-order chi connectivity index (χ1) is 7.07. The van der Waals surface area contributed by atoms with Crippen molar-refractivity contribution in [2.45, 2.75) is 38.3 Å². The van der Waals surface area contributed by atoms with E-state index < -0.39 is 12.1 Å². The predicted octanol–water partition coefficient (Wildman–Crippen LogP) is -0.373. The summed E-state index contributed by atoms with van der Waals surface area (Å²) in [4.78, 5) is 11.4. The molecule has 0 aromatic rings. The van der Waals surface area contributed by atoms with Gasteiger partial charge in [0.1, 0.15) is 0 Å². The highest BCUT2D eigenvalue weighted by molar-refractivity contribution is 5.81. The van der Waals surface area contributed by atoms with Gasteiger partial charge in [0.15, 0.2) is 0 Å². The number of ether oxygens (including phenoxy) is 1. The summed E-state index contributed by atoms with van der Waals surface area (Å²) in [6, 6.07) is -0.478. The number of nitrogens with two attached hydrogens (primary N) is 1. The first-order valence-electron chi connectivity index (χ1n) is 5.28. The lowest BCUT2D eigenvalue weighted by Gasteiger charge is -2.12. The van der Waals surface area contributed by atoms with Gasteiger partial charge in [-0.2, -0.15) is 0 Å². The Morgan fingerprint density at radius 3 is 2.73 bits per heavy atom. The summed E-state index contributed by atoms with van der Waals surface area (Å²) in [5.41, 5.74) is 5.64. The van der Waals surface area contributed by atoms with Crippen molar-refractivity contribution >= 4 is 5.91 Å². The molecule has 5 nitrogen and oxygen atoms in total. The molecule has 0 aliphatic heterocycles. The fraction of sp³-hybridized carbons (Fsp3) is 0.900. The van der Waals surface area contributed by atoms with Gasteiger partial charge in [0.25, 0.3) is 0 Å². The van der Waals surface area contributed by atoms with Crippen LogP contribution in [0.25, 0.3) is 0 Å². The molecule has 0 rings (SSSR count). The summed E-state index contributed by atoms with van der Waals surface area (Å²) in [6.07, 6.45) is 1.56. The number of carbonyl (C=O) groups excluding carboxylic acids is 1. The lowest BCUT2D eigenvalue weighted by molar-refractivity contribution is -0.122. The number of aliphatic hydroxyl groups is 1. The largest absolute Gasteiger partial charge is 0.393 e. The fourth-order valence-electron chi connectivity index (χ4n) is 1.11. The standard InChI is InChI=1S/C10H22N2O3/c1-8(13)5-6-12-10(14)9(11)4-3-7-15-2/h8-9,13H,3-7,11H2,1-2H3,(H,12,14). The first-order valence-corrected chi connectivity index (χ1v) is 5.28. The third-order valence-electron chi connectivity index (χ3n) is 2.06. The number of carbonyl (C=O) groups is 1. The van der Waals surface area contributed by atoms with Crippen LogP contribution in [0.5, 0.6) is 0 Å². The van der Waals surface area contributed by atoms with Crippen LogP contribution in [0.2, 0.25) is 0 Å². The molecular weight excluding hydrogens is 196 g/mol. The van der Waals surface area contributed by atoms with Gasteiger partial charge in [0, 0.05) is 20.3 Å². The van der Waals surface area contributed by atoms with Crippen LogP contribution >= 0.6 is 0 Å². The van der Waals surface area contributed by atoms with Crippen LogP contribution in [0.15, 0.2) is 0 Å². The average molecular weight is 218 g/mol. The summed E-state index contributed by atoms with van der Waals surface area (Å²) >= 11 is 0. The van der Waals surface area contributed by atoms with Crippen LogP contribution in [0.1, 0.15) is 26.2 Å². The molecule has 0 spiro atoms. The molecule has 15 heavy (non-hydrogen) atoms. The molecule has 5 heteroatoms. The zero-order valence-corrected chi connectivity index (χ0v) is 9.53. The number of aliphatic hydroxyl groups excluding tert-OH is 1. The van der Waals surface area contributed by atoms with E-state index in [2.05, 4.69) is 5.32 Å². The molecule has 0 aromatic carbocycles. The van der Waals surface area contributed by atoms with E-state index in [9.17, 15) is 4.79 Å². The number of hydrogen-bond donors (Lipinski definition) is 3. The highest BCUT2D eigenvalue weighted by Crippen LogP contribution is 1.95. The Morgan fingerprint density at radius 2 is 2.20 bits per heavy atom. The molecule has 0 aliphatic rings. The quantitative estimate of drug-likeness (QED) is 0.485. The van der Waals surface area contributed by atoms with Crippen molar-refractivity contribution in [3.63, 3.8) is 0 Å². The van der Waals surface area contributed by atoms with E-state index in [0.717, 1.165) is 6.42 Å². The van der Waals surface area contributed by atoms with E-state index in [1.807, 2.05) is 0 Å². The number of nitrogens with one attached hydrogen (secondary N) is 1. The van der Waals surface area contributed by atoms with Crippen LogP contribution < -0.4 is 11.1 Å². The molecule has 0 aliphatic carbocycles. The lowest BCUT2D eigenvalue weighted by Crippen LogP contribution is -2.41. The molecule has 90 valence electrons. The molecule has 4 N–H and O–H groups in total. The number of amides is 1. The summed E-state index contributed by atoms with van der Waals surface area (Å²) in [5.74, 6) is -0.160. The Balaban J connectivity index is 3.51. The predicted molar refractivity (Wildman–Crippen MR) is 58.4 cm³/mol. The third-order valence-corrected chi connectivity index (χ3v) is 2.06. The second-order valence-electron chi connectivity index (χ2n) is 3.67. The zero-order valence-electron chi connectivity index (χ0n) is 9.53. The third kappa shape index (κ3) is 8.35. The summed E-state index contributed by atoms with van der Waals surface area (Å²) in [5, 5.41) is 11.7. The van der Waals surface area contributed by atoms with Crippen molar-refractivity contribution < 1.29 is 14.6 Å². The minimum atomic E-state index is -0.478. The van der Waals surface area contributed by atoms with Crippen molar-refractivity contribution in [1.82, 2.24) is 5.32 Å². The van der Waals surface area contributed by atoms with E-state index in [-0.39, 0.29) is 5.91 Å². The van der Waals surface area contributed by atoms with E-state index in [0.29, 0.717) is 26.0 Å². The highest BCUT2D eigenvalue weighted by atomic mass is 16.5. The van der Waals surface area contributed by atoms with Gasteiger partial charge in [-0.3, -0.25) is 4.79 Å². The van der Waals surface area contributed by atoms with Crippen LogP contribution in [0.4, 0.5) is 0 Å². The van der Waals surface area contributed by atoms with Crippen molar-refractivity contribution in [1.29, 1.82) is 0 Å². The van der Waals surface area contributed by atoms with Crippen molar-refractivity contribution in [2.24, 2.45) is 5.73 Å². The van der Waals surface area contributed by atoms with Crippen molar-refractivity contribution in [3.05, 3.63) is 0 Å². The maximum Gasteiger partial charge on any atom is 0.236 e. The second kappa shape index (κ2) is 8.64. The fourth-order valence-corrected chi connectivity index (χ4v) is 1.11. The minimum Gasteiger partial charge on any atom is -0.393 e. The van der Waals surface area contributed by atoms with Crippen molar-refractivity contribution in [3.8, 4) is 0 Å². The highest BCUT2D eigenvalue weighted by Gasteiger charge is 2.12. The number of hydrogen-bond acceptors (Lipinski definition) is 4. The number of rotatable bonds is 8. The van der Waals surface area contributed by atoms with E-state index >= 15 is 0 Å². The van der Waals surface area contributed by atoms with Gasteiger partial charge in [-0.15, -0.1) is 0 Å². The molecule has 2 atom stereocenters. The molecule has 0 radical (unpaired) electrons. The van der Waals surface area contributed by atoms with Gasteiger partial charge in [0.05, 0.1) is 12.1 Å². The van der Waals surface area contributed by atoms with Crippen LogP contribution in [0, 0.1) is 0 Å². The van der Waals surface area contributed by atoms with Gasteiger partial charge in [-0.1, -0.05) is 0 Å². The average Bonchev–Trinajstić information content (AvgIpc) is 2.17. The Kier molecular flexibility index (Phi) is 8.27. The molecule has 0 aromatic heterocycles. The smallest absolute Gasteiger partial charge is 0.236 e. The summed E-state index contributed by atoms with van der Waals surface area (Å²) in [7, 11) is 1.62. The topological polar surface area (TPSA) is 84.6 Å². The molecule has 0 fully saturated rings. The van der Waals surface area contributed by atoms with Gasteiger partial charge in [0.2, 0.25) is 5.91 Å². The molecule has 1 amide bonds. The monoisotopic (exact) mass is 218 g/mol. The number of methoxy groups -OCH3 is 1. The van der Waals surface area contributed by atoms with Crippen LogP contribution in [0.3, 0.4) is 0 Å². The Labute approximate surface area is 91.0 Å². The van der Waals surface area contributed by atoms with Gasteiger partial charge < -0.3 is 20.9 Å². The molecule has 2 unspecified atom stereocenters. The molecule has 0 bridgehead atoms. The zero-order chi connectivity index (χ0) is 11.7. The normalized spacial score (nSPS) is 14.7. The summed E-state index contributed by atoms with van der Waals surface area (Å²) < 4.78 is 4.86. The van der Waals surface area contributed by atoms with Gasteiger partial charge in [-0.25, -0.2) is 0 Å². The van der Waals surface area contributed by atoms with E-state index in [1.165, 1.54) is 0 Å². The second-order valence-corrected chi connectivity index (χ2v) is 3.67. The molecular formula is C10H22N2O3. The molecule has 0 saturated carbocycles. The Morgan fingerprint density at radius 1 is 1.53 bits per heavy atom. The van der Waals surface area contributed by atoms with E-state index in [4.69, 9.17) is 15.6 Å². The SMILES string of the molecule is COCCCC(N)C(=O)NCCC(C)O.